The van der Waals surface area contributed by atoms with Crippen molar-refractivity contribution in [3.05, 3.63) is 27.2 Å². The van der Waals surface area contributed by atoms with Gasteiger partial charge in [-0.15, -0.1) is 11.6 Å². The number of carbonyl (C=O) groups is 1. The third-order valence-corrected chi connectivity index (χ3v) is 3.33. The van der Waals surface area contributed by atoms with E-state index in [1.54, 1.807) is 7.11 Å². The highest BCUT2D eigenvalue weighted by atomic mass is 79.9. The van der Waals surface area contributed by atoms with E-state index in [2.05, 4.69) is 15.9 Å². The first-order valence-electron chi connectivity index (χ1n) is 4.45. The molecule has 1 aromatic carbocycles. The van der Waals surface area contributed by atoms with Gasteiger partial charge in [-0.3, -0.25) is 4.79 Å². The van der Waals surface area contributed by atoms with Gasteiger partial charge in [0.15, 0.2) is 5.78 Å². The number of benzene rings is 1. The molecule has 0 aromatic heterocycles. The van der Waals surface area contributed by atoms with Crippen LogP contribution in [-0.2, 0) is 0 Å². The summed E-state index contributed by atoms with van der Waals surface area (Å²) in [7, 11) is 1.56. The van der Waals surface area contributed by atoms with Crippen LogP contribution >= 0.6 is 27.5 Å². The third-order valence-electron chi connectivity index (χ3n) is 2.27. The first-order chi connectivity index (χ1) is 7.02. The molecule has 1 aromatic rings. The lowest BCUT2D eigenvalue weighted by molar-refractivity contribution is 0.101. The van der Waals surface area contributed by atoms with Gasteiger partial charge in [0.05, 0.1) is 18.6 Å². The van der Waals surface area contributed by atoms with Crippen LogP contribution in [0.25, 0.3) is 0 Å². The maximum atomic E-state index is 11.7. The summed E-state index contributed by atoms with van der Waals surface area (Å²) >= 11 is 8.98. The Balaban J connectivity index is 3.50. The number of alkyl halides is 1. The maximum Gasteiger partial charge on any atom is 0.181 e. The number of Topliss-reactive ketones (excluding diaryl/α,β-unsaturated/α-hetero) is 1. The Labute approximate surface area is 103 Å². The summed E-state index contributed by atoms with van der Waals surface area (Å²) in [4.78, 5) is 11.7. The minimum atomic E-state index is -0.115. The SMILES string of the molecule is COc1c(C)cc(Br)c(C)c1C(=O)CCl. The Kier molecular flexibility index (Phi) is 4.17. The van der Waals surface area contributed by atoms with Gasteiger partial charge in [-0.05, 0) is 31.0 Å². The van der Waals surface area contributed by atoms with Crippen molar-refractivity contribution < 1.29 is 9.53 Å². The molecule has 4 heteroatoms. The molecule has 0 radical (unpaired) electrons. The van der Waals surface area contributed by atoms with E-state index in [9.17, 15) is 4.79 Å². The fraction of sp³-hybridized carbons (Fsp3) is 0.364. The molecule has 2 nitrogen and oxygen atoms in total. The minimum Gasteiger partial charge on any atom is -0.496 e. The van der Waals surface area contributed by atoms with Gasteiger partial charge < -0.3 is 4.74 Å². The lowest BCUT2D eigenvalue weighted by Crippen LogP contribution is -2.07. The average molecular weight is 292 g/mol. The minimum absolute atomic E-state index is 0.0346. The smallest absolute Gasteiger partial charge is 0.181 e. The highest BCUT2D eigenvalue weighted by molar-refractivity contribution is 9.10. The Hall–Kier alpha value is -0.540. The van der Waals surface area contributed by atoms with Crippen LogP contribution in [0.15, 0.2) is 10.5 Å². The van der Waals surface area contributed by atoms with Crippen molar-refractivity contribution in [2.24, 2.45) is 0 Å². The normalized spacial score (nSPS) is 10.2. The second kappa shape index (κ2) is 4.99. The number of carbonyl (C=O) groups excluding carboxylic acids is 1. The number of ketones is 1. The molecule has 15 heavy (non-hydrogen) atoms. The molecule has 0 unspecified atom stereocenters. The van der Waals surface area contributed by atoms with Crippen molar-refractivity contribution in [3.8, 4) is 5.75 Å². The van der Waals surface area contributed by atoms with Crippen molar-refractivity contribution >= 4 is 33.3 Å². The van der Waals surface area contributed by atoms with Crippen LogP contribution < -0.4 is 4.74 Å². The van der Waals surface area contributed by atoms with Crippen LogP contribution in [0.1, 0.15) is 21.5 Å². The van der Waals surface area contributed by atoms with Gasteiger partial charge in [-0.1, -0.05) is 15.9 Å². The topological polar surface area (TPSA) is 26.3 Å². The molecule has 0 aliphatic rings. The Morgan fingerprint density at radius 3 is 2.60 bits per heavy atom. The summed E-state index contributed by atoms with van der Waals surface area (Å²) in [6.07, 6.45) is 0. The fourth-order valence-corrected chi connectivity index (χ4v) is 2.19. The predicted octanol–water partition coefficient (Wildman–Crippen LogP) is 3.50. The number of hydrogen-bond donors (Lipinski definition) is 0. The number of aryl methyl sites for hydroxylation is 1. The quantitative estimate of drug-likeness (QED) is 0.629. The molecule has 0 N–H and O–H groups in total. The monoisotopic (exact) mass is 290 g/mol. The molecule has 0 fully saturated rings. The van der Waals surface area contributed by atoms with E-state index >= 15 is 0 Å². The first-order valence-corrected chi connectivity index (χ1v) is 5.78. The molecule has 1 rings (SSSR count). The second-order valence-electron chi connectivity index (χ2n) is 3.27. The third kappa shape index (κ3) is 2.34. The van der Waals surface area contributed by atoms with E-state index in [1.165, 1.54) is 0 Å². The Morgan fingerprint density at radius 1 is 1.53 bits per heavy atom. The zero-order valence-electron chi connectivity index (χ0n) is 8.86. The Bertz CT molecular complexity index is 402. The summed E-state index contributed by atoms with van der Waals surface area (Å²) < 4.78 is 6.13. The van der Waals surface area contributed by atoms with Gasteiger partial charge in [0.1, 0.15) is 5.75 Å². The average Bonchev–Trinajstić information content (AvgIpc) is 2.21. The molecule has 0 bridgehead atoms. The lowest BCUT2D eigenvalue weighted by atomic mass is 10.0. The van der Waals surface area contributed by atoms with Gasteiger partial charge in [0, 0.05) is 4.47 Å². The van der Waals surface area contributed by atoms with Gasteiger partial charge in [-0.2, -0.15) is 0 Å². The summed E-state index contributed by atoms with van der Waals surface area (Å²) in [6.45, 7) is 3.76. The maximum absolute atomic E-state index is 11.7. The molecule has 82 valence electrons. The molecule has 0 saturated carbocycles. The van der Waals surface area contributed by atoms with Crippen molar-refractivity contribution in [3.63, 3.8) is 0 Å². The summed E-state index contributed by atoms with van der Waals surface area (Å²) in [5.41, 5.74) is 2.35. The van der Waals surface area contributed by atoms with Gasteiger partial charge in [0.25, 0.3) is 0 Å². The molecule has 0 atom stereocenters. The standard InChI is InChI=1S/C11H12BrClO2/c1-6-4-8(12)7(2)10(9(14)5-13)11(6)15-3/h4H,5H2,1-3H3. The molecular formula is C11H12BrClO2. The van der Waals surface area contributed by atoms with Crippen molar-refractivity contribution in [1.29, 1.82) is 0 Å². The van der Waals surface area contributed by atoms with Gasteiger partial charge in [0.2, 0.25) is 0 Å². The second-order valence-corrected chi connectivity index (χ2v) is 4.39. The van der Waals surface area contributed by atoms with E-state index in [0.717, 1.165) is 15.6 Å². The molecule has 0 aliphatic heterocycles. The zero-order valence-corrected chi connectivity index (χ0v) is 11.2. The molecule has 0 aliphatic carbocycles. The highest BCUT2D eigenvalue weighted by Crippen LogP contribution is 2.32. The molecule has 0 saturated heterocycles. The van der Waals surface area contributed by atoms with Crippen LogP contribution in [0.4, 0.5) is 0 Å². The summed E-state index contributed by atoms with van der Waals surface area (Å²) in [5, 5.41) is 0. The van der Waals surface area contributed by atoms with Crippen LogP contribution in [0.5, 0.6) is 5.75 Å². The van der Waals surface area contributed by atoms with E-state index < -0.39 is 0 Å². The summed E-state index contributed by atoms with van der Waals surface area (Å²) in [6, 6.07) is 1.93. The van der Waals surface area contributed by atoms with Crippen LogP contribution in [-0.4, -0.2) is 18.8 Å². The number of ether oxygens (including phenoxy) is 1. The lowest BCUT2D eigenvalue weighted by Gasteiger charge is -2.14. The number of methoxy groups -OCH3 is 1. The van der Waals surface area contributed by atoms with Gasteiger partial charge in [-0.25, -0.2) is 0 Å². The number of rotatable bonds is 3. The van der Waals surface area contributed by atoms with E-state index in [-0.39, 0.29) is 11.7 Å². The molecule has 0 amide bonds. The molecular weight excluding hydrogens is 279 g/mol. The van der Waals surface area contributed by atoms with Crippen molar-refractivity contribution in [2.75, 3.05) is 13.0 Å². The van der Waals surface area contributed by atoms with Crippen LogP contribution in [0.3, 0.4) is 0 Å². The van der Waals surface area contributed by atoms with E-state index in [0.29, 0.717) is 11.3 Å². The largest absolute Gasteiger partial charge is 0.496 e. The molecule has 0 heterocycles. The zero-order chi connectivity index (χ0) is 11.6. The van der Waals surface area contributed by atoms with Crippen LogP contribution in [0, 0.1) is 13.8 Å². The number of halogens is 2. The van der Waals surface area contributed by atoms with Crippen molar-refractivity contribution in [2.45, 2.75) is 13.8 Å². The van der Waals surface area contributed by atoms with E-state index in [1.807, 2.05) is 19.9 Å². The molecule has 0 spiro atoms. The fourth-order valence-electron chi connectivity index (χ4n) is 1.52. The van der Waals surface area contributed by atoms with E-state index in [4.69, 9.17) is 16.3 Å². The highest BCUT2D eigenvalue weighted by Gasteiger charge is 2.18. The Morgan fingerprint density at radius 2 is 2.13 bits per heavy atom. The van der Waals surface area contributed by atoms with Crippen LogP contribution in [0.2, 0.25) is 0 Å². The predicted molar refractivity (Wildman–Crippen MR) is 65.2 cm³/mol. The first kappa shape index (κ1) is 12.5. The van der Waals surface area contributed by atoms with Crippen molar-refractivity contribution in [1.82, 2.24) is 0 Å². The summed E-state index contributed by atoms with van der Waals surface area (Å²) in [5.74, 6) is 0.462. The number of hydrogen-bond acceptors (Lipinski definition) is 2. The van der Waals surface area contributed by atoms with Gasteiger partial charge >= 0.3 is 0 Å².